The van der Waals surface area contributed by atoms with Gasteiger partial charge in [-0.25, -0.2) is 0 Å². The minimum Gasteiger partial charge on any atom is -0.494 e. The lowest BCUT2D eigenvalue weighted by atomic mass is 10.2. The van der Waals surface area contributed by atoms with Crippen molar-refractivity contribution in [3.8, 4) is 11.4 Å². The molecule has 3 N–H and O–H groups in total. The van der Waals surface area contributed by atoms with E-state index >= 15 is 0 Å². The number of carbonyl (C=O) groups is 1. The number of nitrogens with one attached hydrogen (secondary N) is 1. The van der Waals surface area contributed by atoms with Gasteiger partial charge in [0, 0.05) is 12.2 Å². The van der Waals surface area contributed by atoms with Crippen molar-refractivity contribution >= 4 is 24.0 Å². The third-order valence-corrected chi connectivity index (χ3v) is 3.71. The van der Waals surface area contributed by atoms with E-state index in [9.17, 15) is 4.79 Å². The van der Waals surface area contributed by atoms with E-state index in [0.717, 1.165) is 6.42 Å². The largest absolute Gasteiger partial charge is 0.494 e. The summed E-state index contributed by atoms with van der Waals surface area (Å²) < 4.78 is 12.3. The molecule has 1 aliphatic heterocycles. The first kappa shape index (κ1) is 18.1. The average Bonchev–Trinajstić information content (AvgIpc) is 3.26. The zero-order valence-corrected chi connectivity index (χ0v) is 13.9. The monoisotopic (exact) mass is 354 g/mol. The predicted molar refractivity (Wildman–Crippen MR) is 88.5 cm³/mol. The van der Waals surface area contributed by atoms with E-state index in [-0.39, 0.29) is 24.4 Å². The highest BCUT2D eigenvalue weighted by Gasteiger charge is 2.29. The molecule has 3 rings (SSSR count). The second-order valence-corrected chi connectivity index (χ2v) is 5.19. The van der Waals surface area contributed by atoms with Gasteiger partial charge in [0.25, 0.3) is 5.91 Å². The Morgan fingerprint density at radius 1 is 1.50 bits per heavy atom. The van der Waals surface area contributed by atoms with Gasteiger partial charge in [-0.15, -0.1) is 17.5 Å². The number of carbonyl (C=O) groups excluding carboxylic acids is 1. The molecule has 10 heteroatoms. The lowest BCUT2D eigenvalue weighted by Gasteiger charge is -2.14. The average molecular weight is 355 g/mol. The molecule has 9 nitrogen and oxygen atoms in total. The van der Waals surface area contributed by atoms with E-state index in [1.54, 1.807) is 25.3 Å². The third-order valence-electron chi connectivity index (χ3n) is 3.71. The summed E-state index contributed by atoms with van der Waals surface area (Å²) in [7, 11) is 1.56. The Kier molecular flexibility index (Phi) is 6.07. The standard InChI is InChI=1S/C14H18N6O3.ClH/c1-22-12-4-2-9(6-11(12)20-8-16-18-19-20)17-14(21)13-5-3-10(7-15)23-13;/h2,4,6,8,10,13H,3,5,7,15H2,1H3,(H,17,21);1H/t10-,13+;/m1./s1. The molecule has 2 heterocycles. The Morgan fingerprint density at radius 3 is 2.96 bits per heavy atom. The van der Waals surface area contributed by atoms with Gasteiger partial charge in [-0.2, -0.15) is 4.68 Å². The summed E-state index contributed by atoms with van der Waals surface area (Å²) in [6.45, 7) is 0.426. The topological polar surface area (TPSA) is 117 Å². The van der Waals surface area contributed by atoms with Gasteiger partial charge < -0.3 is 20.5 Å². The minimum atomic E-state index is -0.470. The van der Waals surface area contributed by atoms with Crippen LogP contribution >= 0.6 is 12.4 Å². The molecule has 1 aliphatic rings. The molecule has 0 saturated carbocycles. The summed E-state index contributed by atoms with van der Waals surface area (Å²) in [4.78, 5) is 12.3. The summed E-state index contributed by atoms with van der Waals surface area (Å²) in [6, 6.07) is 5.23. The molecule has 1 aromatic carbocycles. The zero-order chi connectivity index (χ0) is 16.2. The second-order valence-electron chi connectivity index (χ2n) is 5.19. The van der Waals surface area contributed by atoms with Crippen LogP contribution in [0.5, 0.6) is 5.75 Å². The maximum atomic E-state index is 12.3. The van der Waals surface area contributed by atoms with Gasteiger partial charge in [-0.1, -0.05) is 0 Å². The highest BCUT2D eigenvalue weighted by molar-refractivity contribution is 5.94. The van der Waals surface area contributed by atoms with E-state index in [2.05, 4.69) is 20.8 Å². The number of methoxy groups -OCH3 is 1. The molecule has 0 spiro atoms. The Morgan fingerprint density at radius 2 is 2.33 bits per heavy atom. The van der Waals surface area contributed by atoms with Crippen molar-refractivity contribution in [3.63, 3.8) is 0 Å². The molecular formula is C14H19ClN6O3. The van der Waals surface area contributed by atoms with Crippen LogP contribution in [0.15, 0.2) is 24.5 Å². The summed E-state index contributed by atoms with van der Waals surface area (Å²) in [6.07, 6.45) is 2.41. The number of nitrogens with zero attached hydrogens (tertiary/aromatic N) is 4. The van der Waals surface area contributed by atoms with Crippen LogP contribution in [-0.2, 0) is 9.53 Å². The smallest absolute Gasteiger partial charge is 0.253 e. The highest BCUT2D eigenvalue weighted by atomic mass is 35.5. The predicted octanol–water partition coefficient (Wildman–Crippen LogP) is 0.537. The lowest BCUT2D eigenvalue weighted by molar-refractivity contribution is -0.126. The number of tetrazole rings is 1. The first-order valence-electron chi connectivity index (χ1n) is 7.29. The van der Waals surface area contributed by atoms with E-state index in [1.807, 2.05) is 0 Å². The van der Waals surface area contributed by atoms with Crippen LogP contribution in [0.2, 0.25) is 0 Å². The summed E-state index contributed by atoms with van der Waals surface area (Å²) in [5, 5.41) is 13.9. The SMILES string of the molecule is COc1ccc(NC(=O)[C@@H]2CC[C@H](CN)O2)cc1-n1cnnn1.Cl. The number of ether oxygens (including phenoxy) is 2. The molecule has 2 aromatic rings. The van der Waals surface area contributed by atoms with Crippen molar-refractivity contribution in [2.45, 2.75) is 25.0 Å². The van der Waals surface area contributed by atoms with Gasteiger partial charge in [0.2, 0.25) is 0 Å². The van der Waals surface area contributed by atoms with Gasteiger partial charge >= 0.3 is 0 Å². The third kappa shape index (κ3) is 3.81. The lowest BCUT2D eigenvalue weighted by Crippen LogP contribution is -2.29. The zero-order valence-electron chi connectivity index (χ0n) is 13.1. The molecule has 1 saturated heterocycles. The maximum absolute atomic E-state index is 12.3. The fourth-order valence-corrected chi connectivity index (χ4v) is 2.51. The number of amides is 1. The Balaban J connectivity index is 0.00000208. The van der Waals surface area contributed by atoms with Gasteiger partial charge in [-0.3, -0.25) is 4.79 Å². The molecule has 24 heavy (non-hydrogen) atoms. The molecule has 0 unspecified atom stereocenters. The van der Waals surface area contributed by atoms with Crippen LogP contribution in [-0.4, -0.2) is 52.0 Å². The molecular weight excluding hydrogens is 336 g/mol. The highest BCUT2D eigenvalue weighted by Crippen LogP contribution is 2.26. The molecule has 2 atom stereocenters. The van der Waals surface area contributed by atoms with E-state index in [1.165, 1.54) is 11.0 Å². The van der Waals surface area contributed by atoms with Crippen molar-refractivity contribution in [1.82, 2.24) is 20.2 Å². The van der Waals surface area contributed by atoms with Gasteiger partial charge in [0.15, 0.2) is 0 Å². The number of halogens is 1. The molecule has 0 bridgehead atoms. The number of hydrogen-bond donors (Lipinski definition) is 2. The molecule has 1 aromatic heterocycles. The van der Waals surface area contributed by atoms with E-state index in [4.69, 9.17) is 15.2 Å². The molecule has 130 valence electrons. The van der Waals surface area contributed by atoms with Crippen molar-refractivity contribution in [3.05, 3.63) is 24.5 Å². The summed E-state index contributed by atoms with van der Waals surface area (Å²) in [5.41, 5.74) is 6.80. The first-order valence-corrected chi connectivity index (χ1v) is 7.29. The van der Waals surface area contributed by atoms with Crippen LogP contribution < -0.4 is 15.8 Å². The fourth-order valence-electron chi connectivity index (χ4n) is 2.51. The Labute approximate surface area is 144 Å². The van der Waals surface area contributed by atoms with E-state index < -0.39 is 6.10 Å². The fraction of sp³-hybridized carbons (Fsp3) is 0.429. The van der Waals surface area contributed by atoms with Crippen LogP contribution in [0.25, 0.3) is 5.69 Å². The summed E-state index contributed by atoms with van der Waals surface area (Å²) in [5.74, 6) is 0.407. The van der Waals surface area contributed by atoms with E-state index in [0.29, 0.717) is 30.1 Å². The number of nitrogens with two attached hydrogens (primary N) is 1. The molecule has 0 radical (unpaired) electrons. The normalized spacial score (nSPS) is 19.6. The van der Waals surface area contributed by atoms with Crippen molar-refractivity contribution in [2.75, 3.05) is 19.0 Å². The Bertz CT molecular complexity index is 681. The second kappa shape index (κ2) is 8.04. The quantitative estimate of drug-likeness (QED) is 0.804. The maximum Gasteiger partial charge on any atom is 0.253 e. The van der Waals surface area contributed by atoms with Crippen molar-refractivity contribution in [1.29, 1.82) is 0 Å². The van der Waals surface area contributed by atoms with Gasteiger partial charge in [-0.05, 0) is 41.5 Å². The van der Waals surface area contributed by atoms with Crippen molar-refractivity contribution in [2.24, 2.45) is 5.73 Å². The number of rotatable bonds is 5. The molecule has 1 amide bonds. The van der Waals surface area contributed by atoms with Crippen molar-refractivity contribution < 1.29 is 14.3 Å². The van der Waals surface area contributed by atoms with Crippen LogP contribution in [0.3, 0.4) is 0 Å². The number of hydrogen-bond acceptors (Lipinski definition) is 7. The molecule has 0 aliphatic carbocycles. The minimum absolute atomic E-state index is 0. The Hall–Kier alpha value is -2.23. The van der Waals surface area contributed by atoms with Crippen LogP contribution in [0, 0.1) is 0 Å². The summed E-state index contributed by atoms with van der Waals surface area (Å²) >= 11 is 0. The number of aromatic nitrogens is 4. The van der Waals surface area contributed by atoms with Gasteiger partial charge in [0.1, 0.15) is 23.9 Å². The van der Waals surface area contributed by atoms with Crippen LogP contribution in [0.4, 0.5) is 5.69 Å². The first-order chi connectivity index (χ1) is 11.2. The number of anilines is 1. The number of benzene rings is 1. The van der Waals surface area contributed by atoms with Gasteiger partial charge in [0.05, 0.1) is 13.2 Å². The molecule has 1 fully saturated rings. The van der Waals surface area contributed by atoms with Crippen LogP contribution in [0.1, 0.15) is 12.8 Å².